The Bertz CT molecular complexity index is 1550. The van der Waals surface area contributed by atoms with Crippen LogP contribution in [-0.2, 0) is 27.5 Å². The van der Waals surface area contributed by atoms with E-state index in [2.05, 4.69) is 30.0 Å². The summed E-state index contributed by atoms with van der Waals surface area (Å²) in [5.74, 6) is -2.32. The molecular weight excluding hydrogens is 572 g/mol. The van der Waals surface area contributed by atoms with E-state index in [-0.39, 0.29) is 35.5 Å². The lowest BCUT2D eigenvalue weighted by atomic mass is 10.0. The lowest BCUT2D eigenvalue weighted by molar-refractivity contribution is -0.664. The number of aryl methyl sites for hydroxylation is 1. The number of rotatable bonds is 12. The van der Waals surface area contributed by atoms with Gasteiger partial charge in [0.05, 0.1) is 24.5 Å². The summed E-state index contributed by atoms with van der Waals surface area (Å²) in [5, 5.41) is 26.5. The second-order valence-corrected chi connectivity index (χ2v) is 11.1. The number of amides is 2. The summed E-state index contributed by atoms with van der Waals surface area (Å²) in [6.07, 6.45) is 4.39. The summed E-state index contributed by atoms with van der Waals surface area (Å²) in [5.41, 5.74) is 7.41. The molecule has 5 rings (SSSR count). The third kappa shape index (κ3) is 5.65. The number of hydrogen-bond donors (Lipinski definition) is 4. The summed E-state index contributed by atoms with van der Waals surface area (Å²) in [7, 11) is 1.40. The van der Waals surface area contributed by atoms with E-state index in [1.807, 2.05) is 27.5 Å². The Kier molecular flexibility index (Phi) is 8.57. The van der Waals surface area contributed by atoms with Crippen LogP contribution in [0.5, 0.6) is 0 Å². The number of pyridine rings is 1. The first-order chi connectivity index (χ1) is 19.8. The molecule has 0 radical (unpaired) electrons. The molecule has 0 aliphatic carbocycles. The molecule has 2 aliphatic rings. The highest BCUT2D eigenvalue weighted by Crippen LogP contribution is 2.40. The maximum absolute atomic E-state index is 13.1. The monoisotopic (exact) mass is 600 g/mol. The van der Waals surface area contributed by atoms with E-state index < -0.39 is 29.2 Å². The number of aromatic nitrogens is 5. The Morgan fingerprint density at radius 2 is 2.20 bits per heavy atom. The van der Waals surface area contributed by atoms with Gasteiger partial charge >= 0.3 is 5.65 Å². The quantitative estimate of drug-likeness (QED) is 0.0725. The fraction of sp³-hybridized carbons (Fsp3) is 0.417. The predicted octanol–water partition coefficient (Wildman–Crippen LogP) is -2.75. The Balaban J connectivity index is 1.31. The van der Waals surface area contributed by atoms with Crippen LogP contribution in [0.1, 0.15) is 12.2 Å². The molecule has 5 N–H and O–H groups in total. The molecule has 2 atom stereocenters. The molecule has 3 aromatic heterocycles. The van der Waals surface area contributed by atoms with Crippen LogP contribution >= 0.6 is 23.3 Å². The molecule has 1 saturated heterocycles. The van der Waals surface area contributed by atoms with Gasteiger partial charge in [0.2, 0.25) is 6.33 Å². The van der Waals surface area contributed by atoms with Crippen molar-refractivity contribution in [2.24, 2.45) is 4.99 Å². The van der Waals surface area contributed by atoms with Gasteiger partial charge in [0.15, 0.2) is 16.7 Å². The number of aliphatic carboxylic acids is 1. The summed E-state index contributed by atoms with van der Waals surface area (Å²) < 4.78 is 7.85. The highest BCUT2D eigenvalue weighted by atomic mass is 32.2. The van der Waals surface area contributed by atoms with Crippen LogP contribution < -0.4 is 26.0 Å². The topological polar surface area (TPSA) is 208 Å². The number of β-lactam (4-membered cyclic amide) rings is 1. The number of anilines is 1. The molecule has 216 valence electrons. The molecule has 3 aromatic rings. The van der Waals surface area contributed by atoms with Crippen LogP contribution in [0.3, 0.4) is 0 Å². The molecule has 17 heteroatoms. The highest BCUT2D eigenvalue weighted by Gasteiger charge is 2.53. The zero-order chi connectivity index (χ0) is 29.1. The highest BCUT2D eigenvalue weighted by molar-refractivity contribution is 8.00. The third-order valence-electron chi connectivity index (χ3n) is 6.67. The van der Waals surface area contributed by atoms with Crippen molar-refractivity contribution in [3.8, 4) is 0 Å². The molecule has 5 heterocycles. The number of nitrogen functional groups attached to an aromatic ring is 1. The van der Waals surface area contributed by atoms with Gasteiger partial charge in [0.25, 0.3) is 11.8 Å². The first-order valence-corrected chi connectivity index (χ1v) is 14.6. The van der Waals surface area contributed by atoms with Crippen molar-refractivity contribution in [3.63, 3.8) is 0 Å². The number of hydrogen-bond acceptors (Lipinski definition) is 13. The zero-order valence-corrected chi connectivity index (χ0v) is 23.7. The standard InChI is InChI=1S/C24H28N10O5S2/c1-26-15(18-30-24(25)41-31-18)20(36)29-16-21(37)34-17(23(38)39)13(11-40-22(16)34)10-32-7-2-4-14-19(32)28-12-33(14)8-3-5-27-6-9-35/h2,4,7,12,16,22,27,35H,3,5-6,8-11H2,1H3,(H3-,25,29,30,31,36,38,39). The Hall–Kier alpha value is -3.93. The maximum atomic E-state index is 13.1. The summed E-state index contributed by atoms with van der Waals surface area (Å²) >= 11 is 2.27. The van der Waals surface area contributed by atoms with Crippen LogP contribution in [-0.4, -0.2) is 96.3 Å². The Labute approximate surface area is 242 Å². The number of nitrogens with two attached hydrogens (primary N) is 1. The summed E-state index contributed by atoms with van der Waals surface area (Å²) in [6.45, 7) is 2.29. The number of nitrogens with zero attached hydrogens (tertiary/aromatic N) is 7. The van der Waals surface area contributed by atoms with E-state index in [1.165, 1.54) is 23.7 Å². The largest absolute Gasteiger partial charge is 0.543 e. The maximum Gasteiger partial charge on any atom is 0.349 e. The predicted molar refractivity (Wildman–Crippen MR) is 148 cm³/mol. The zero-order valence-electron chi connectivity index (χ0n) is 22.0. The number of aliphatic imine (C=N–C) groups is 1. The molecule has 15 nitrogen and oxygen atoms in total. The fourth-order valence-electron chi connectivity index (χ4n) is 4.81. The number of carbonyl (C=O) groups is 3. The van der Waals surface area contributed by atoms with Crippen LogP contribution in [0.15, 0.2) is 40.9 Å². The minimum absolute atomic E-state index is 0.0528. The van der Waals surface area contributed by atoms with Gasteiger partial charge in [-0.25, -0.2) is 4.57 Å². The number of nitrogens with one attached hydrogen (secondary N) is 2. The van der Waals surface area contributed by atoms with E-state index in [1.54, 1.807) is 6.33 Å². The first kappa shape index (κ1) is 28.6. The van der Waals surface area contributed by atoms with Crippen molar-refractivity contribution in [1.29, 1.82) is 0 Å². The van der Waals surface area contributed by atoms with Gasteiger partial charge in [-0.05, 0) is 30.1 Å². The average Bonchev–Trinajstić information content (AvgIpc) is 3.58. The summed E-state index contributed by atoms with van der Waals surface area (Å²) in [6, 6.07) is 2.85. The second kappa shape index (κ2) is 12.3. The molecule has 0 saturated carbocycles. The minimum Gasteiger partial charge on any atom is -0.543 e. The van der Waals surface area contributed by atoms with E-state index in [9.17, 15) is 19.5 Å². The van der Waals surface area contributed by atoms with Gasteiger partial charge in [-0.15, -0.1) is 11.8 Å². The van der Waals surface area contributed by atoms with Crippen LogP contribution in [0.25, 0.3) is 11.2 Å². The first-order valence-electron chi connectivity index (χ1n) is 12.7. The van der Waals surface area contributed by atoms with Crippen molar-refractivity contribution in [3.05, 3.63) is 41.8 Å². The van der Waals surface area contributed by atoms with Crippen molar-refractivity contribution in [2.45, 2.75) is 30.9 Å². The Morgan fingerprint density at radius 1 is 1.37 bits per heavy atom. The van der Waals surface area contributed by atoms with Crippen LogP contribution in [0.4, 0.5) is 5.13 Å². The number of aliphatic hydroxyl groups is 1. The van der Waals surface area contributed by atoms with Crippen LogP contribution in [0, 0.1) is 0 Å². The molecule has 2 amide bonds. The molecule has 41 heavy (non-hydrogen) atoms. The van der Waals surface area contributed by atoms with E-state index in [0.717, 1.165) is 36.6 Å². The number of carbonyl (C=O) groups excluding carboxylic acids is 3. The Morgan fingerprint density at radius 3 is 2.90 bits per heavy atom. The lowest BCUT2D eigenvalue weighted by Crippen LogP contribution is -2.71. The third-order valence-corrected chi connectivity index (χ3v) is 8.55. The van der Waals surface area contributed by atoms with E-state index >= 15 is 0 Å². The van der Waals surface area contributed by atoms with Crippen molar-refractivity contribution >= 4 is 63.1 Å². The van der Waals surface area contributed by atoms with Crippen molar-refractivity contribution < 1.29 is 29.2 Å². The van der Waals surface area contributed by atoms with Gasteiger partial charge in [-0.3, -0.25) is 19.5 Å². The number of thioether (sulfide) groups is 1. The van der Waals surface area contributed by atoms with Gasteiger partial charge in [-0.1, -0.05) is 0 Å². The smallest absolute Gasteiger partial charge is 0.349 e. The molecular formula is C24H28N10O5S2. The van der Waals surface area contributed by atoms with Crippen molar-refractivity contribution in [2.75, 3.05) is 38.2 Å². The van der Waals surface area contributed by atoms with Gasteiger partial charge in [-0.2, -0.15) is 9.36 Å². The van der Waals surface area contributed by atoms with E-state index in [0.29, 0.717) is 23.5 Å². The molecule has 0 spiro atoms. The molecule has 1 fully saturated rings. The number of aliphatic hydroxyl groups excluding tert-OH is 1. The second-order valence-electron chi connectivity index (χ2n) is 9.24. The summed E-state index contributed by atoms with van der Waals surface area (Å²) in [4.78, 5) is 51.9. The molecule has 0 bridgehead atoms. The molecule has 2 aliphatic heterocycles. The van der Waals surface area contributed by atoms with Crippen LogP contribution in [0.2, 0.25) is 0 Å². The lowest BCUT2D eigenvalue weighted by Gasteiger charge is -2.50. The number of fused-ring (bicyclic) bond motifs is 2. The minimum atomic E-state index is -1.46. The number of carboxylic acids is 1. The molecule has 2 unspecified atom stereocenters. The molecule has 0 aromatic carbocycles. The SMILES string of the molecule is CN=C(C(=O)NC1C(=O)N2C(C(=O)[O-])=C(C[n+]3cccc4c3ncn4CCCNCCO)CSC12)c1nsc(N)n1. The van der Waals surface area contributed by atoms with Gasteiger partial charge in [0, 0.05) is 43.0 Å². The average molecular weight is 601 g/mol. The van der Waals surface area contributed by atoms with Gasteiger partial charge < -0.3 is 35.9 Å². The van der Waals surface area contributed by atoms with Crippen molar-refractivity contribution in [1.82, 2.24) is 34.4 Å². The normalized spacial score (nSPS) is 18.9. The number of imidazole rings is 1. The fourth-order valence-corrected chi connectivity index (χ4v) is 6.58. The van der Waals surface area contributed by atoms with Gasteiger partial charge in [0.1, 0.15) is 23.5 Å². The number of carboxylic acid groups (broad SMARTS) is 1. The van der Waals surface area contributed by atoms with E-state index in [4.69, 9.17) is 10.8 Å².